The first-order valence-electron chi connectivity index (χ1n) is 7.12. The summed E-state index contributed by atoms with van der Waals surface area (Å²) in [6, 6.07) is 16.5. The van der Waals surface area contributed by atoms with Crippen molar-refractivity contribution in [3.63, 3.8) is 0 Å². The van der Waals surface area contributed by atoms with Gasteiger partial charge >= 0.3 is 0 Å². The van der Waals surface area contributed by atoms with Crippen LogP contribution in [-0.4, -0.2) is 18.0 Å². The number of anilines is 1. The summed E-state index contributed by atoms with van der Waals surface area (Å²) in [5.41, 5.74) is 2.65. The van der Waals surface area contributed by atoms with Crippen molar-refractivity contribution in [3.8, 4) is 0 Å². The second-order valence-electron chi connectivity index (χ2n) is 5.08. The molecule has 0 aliphatic rings. The van der Waals surface area contributed by atoms with Crippen molar-refractivity contribution in [3.05, 3.63) is 70.9 Å². The van der Waals surface area contributed by atoms with Crippen molar-refractivity contribution in [2.24, 2.45) is 0 Å². The number of fused-ring (bicyclic) bond motifs is 1. The number of nitrogens with zero attached hydrogens (tertiary/aromatic N) is 1. The third kappa shape index (κ3) is 3.50. The minimum absolute atomic E-state index is 0.268. The Hall–Kier alpha value is -2.43. The smallest absolute Gasteiger partial charge is 0.274 e. The summed E-state index contributed by atoms with van der Waals surface area (Å²) >= 11 is 5.98. The third-order valence-electron chi connectivity index (χ3n) is 3.45. The van der Waals surface area contributed by atoms with Crippen molar-refractivity contribution in [2.45, 2.75) is 6.61 Å². The number of benzene rings is 2. The Bertz CT molecular complexity index is 865. The highest BCUT2D eigenvalue weighted by atomic mass is 35.5. The van der Waals surface area contributed by atoms with E-state index in [1.165, 1.54) is 0 Å². The van der Waals surface area contributed by atoms with Gasteiger partial charge in [0.15, 0.2) is 0 Å². The topological polar surface area (TPSA) is 51.2 Å². The number of halogens is 1. The average molecular weight is 327 g/mol. The first-order chi connectivity index (χ1) is 11.2. The lowest BCUT2D eigenvalue weighted by molar-refractivity contribution is 0.102. The van der Waals surface area contributed by atoms with Gasteiger partial charge in [-0.05, 0) is 24.3 Å². The molecule has 1 amide bonds. The molecule has 116 valence electrons. The number of aromatic nitrogens is 1. The molecule has 0 atom stereocenters. The third-order valence-corrected chi connectivity index (χ3v) is 3.69. The van der Waals surface area contributed by atoms with Crippen LogP contribution in [0.4, 0.5) is 5.69 Å². The molecule has 0 saturated carbocycles. The van der Waals surface area contributed by atoms with E-state index in [0.29, 0.717) is 28.5 Å². The maximum absolute atomic E-state index is 12.5. The van der Waals surface area contributed by atoms with E-state index in [1.54, 1.807) is 25.3 Å². The molecule has 0 bridgehead atoms. The number of para-hydroxylation sites is 1. The fourth-order valence-corrected chi connectivity index (χ4v) is 2.49. The molecule has 1 heterocycles. The van der Waals surface area contributed by atoms with Crippen molar-refractivity contribution in [2.75, 3.05) is 12.4 Å². The van der Waals surface area contributed by atoms with E-state index in [4.69, 9.17) is 16.3 Å². The number of hydrogen-bond donors (Lipinski definition) is 1. The normalized spacial score (nSPS) is 10.7. The standard InChI is InChI=1S/C18H15ClN2O2/c1-23-11-13-4-2-3-5-15(13)21-18(22)16-9-7-12-6-8-14(19)10-17(12)20-16/h2-10H,11H2,1H3,(H,21,22). The number of amides is 1. The van der Waals surface area contributed by atoms with Gasteiger partial charge in [0.1, 0.15) is 5.69 Å². The lowest BCUT2D eigenvalue weighted by Crippen LogP contribution is -2.15. The van der Waals surface area contributed by atoms with E-state index >= 15 is 0 Å². The quantitative estimate of drug-likeness (QED) is 0.778. The first kappa shape index (κ1) is 15.5. The fourth-order valence-electron chi connectivity index (χ4n) is 2.33. The second kappa shape index (κ2) is 6.77. The molecule has 0 unspecified atom stereocenters. The van der Waals surface area contributed by atoms with E-state index < -0.39 is 0 Å². The second-order valence-corrected chi connectivity index (χ2v) is 5.51. The molecule has 1 aromatic heterocycles. The van der Waals surface area contributed by atoms with Gasteiger partial charge in [-0.1, -0.05) is 41.9 Å². The van der Waals surface area contributed by atoms with Crippen LogP contribution in [0.1, 0.15) is 16.1 Å². The summed E-state index contributed by atoms with van der Waals surface area (Å²) in [6.07, 6.45) is 0. The Labute approximate surface area is 139 Å². The number of nitrogens with one attached hydrogen (secondary N) is 1. The van der Waals surface area contributed by atoms with E-state index in [-0.39, 0.29) is 5.91 Å². The van der Waals surface area contributed by atoms with Crippen LogP contribution in [0.25, 0.3) is 10.9 Å². The van der Waals surface area contributed by atoms with Gasteiger partial charge in [0, 0.05) is 28.8 Å². The Morgan fingerprint density at radius 1 is 1.17 bits per heavy atom. The Morgan fingerprint density at radius 3 is 2.78 bits per heavy atom. The fraction of sp³-hybridized carbons (Fsp3) is 0.111. The van der Waals surface area contributed by atoms with Gasteiger partial charge in [-0.2, -0.15) is 0 Å². The molecule has 2 aromatic carbocycles. The molecule has 3 rings (SSSR count). The summed E-state index contributed by atoms with van der Waals surface area (Å²) in [5.74, 6) is -0.268. The van der Waals surface area contributed by atoms with Crippen molar-refractivity contribution in [1.29, 1.82) is 0 Å². The summed E-state index contributed by atoms with van der Waals surface area (Å²) < 4.78 is 5.15. The molecule has 5 heteroatoms. The summed E-state index contributed by atoms with van der Waals surface area (Å²) in [4.78, 5) is 16.8. The number of carbonyl (C=O) groups excluding carboxylic acids is 1. The van der Waals surface area contributed by atoms with Crippen LogP contribution >= 0.6 is 11.6 Å². The van der Waals surface area contributed by atoms with Gasteiger partial charge in [-0.15, -0.1) is 0 Å². The van der Waals surface area contributed by atoms with Crippen LogP contribution in [0.3, 0.4) is 0 Å². The first-order valence-corrected chi connectivity index (χ1v) is 7.49. The molecule has 0 radical (unpaired) electrons. The lowest BCUT2D eigenvalue weighted by atomic mass is 10.1. The highest BCUT2D eigenvalue weighted by molar-refractivity contribution is 6.31. The van der Waals surface area contributed by atoms with Crippen molar-refractivity contribution in [1.82, 2.24) is 4.98 Å². The molecule has 0 saturated heterocycles. The highest BCUT2D eigenvalue weighted by Gasteiger charge is 2.11. The van der Waals surface area contributed by atoms with Gasteiger partial charge in [0.2, 0.25) is 0 Å². The van der Waals surface area contributed by atoms with Crippen LogP contribution in [0.15, 0.2) is 54.6 Å². The van der Waals surface area contributed by atoms with Crippen molar-refractivity contribution < 1.29 is 9.53 Å². The van der Waals surface area contributed by atoms with E-state index in [9.17, 15) is 4.79 Å². The Morgan fingerprint density at radius 2 is 1.96 bits per heavy atom. The van der Waals surface area contributed by atoms with Crippen LogP contribution in [-0.2, 0) is 11.3 Å². The number of methoxy groups -OCH3 is 1. The van der Waals surface area contributed by atoms with Crippen molar-refractivity contribution >= 4 is 34.1 Å². The molecular formula is C18H15ClN2O2. The van der Waals surface area contributed by atoms with Gasteiger partial charge in [0.05, 0.1) is 12.1 Å². The van der Waals surface area contributed by atoms with E-state index in [1.807, 2.05) is 36.4 Å². The minimum Gasteiger partial charge on any atom is -0.380 e. The van der Waals surface area contributed by atoms with Crippen LogP contribution in [0.5, 0.6) is 0 Å². The molecule has 4 nitrogen and oxygen atoms in total. The predicted octanol–water partition coefficient (Wildman–Crippen LogP) is 4.29. The predicted molar refractivity (Wildman–Crippen MR) is 91.9 cm³/mol. The summed E-state index contributed by atoms with van der Waals surface area (Å²) in [5, 5.41) is 4.40. The summed E-state index contributed by atoms with van der Waals surface area (Å²) in [6.45, 7) is 0.428. The maximum atomic E-state index is 12.5. The van der Waals surface area contributed by atoms with Crippen LogP contribution < -0.4 is 5.32 Å². The largest absolute Gasteiger partial charge is 0.380 e. The highest BCUT2D eigenvalue weighted by Crippen LogP contribution is 2.20. The SMILES string of the molecule is COCc1ccccc1NC(=O)c1ccc2ccc(Cl)cc2n1. The molecule has 0 aliphatic heterocycles. The van der Waals surface area contributed by atoms with Gasteiger partial charge in [-0.25, -0.2) is 4.98 Å². The molecule has 3 aromatic rings. The zero-order valence-electron chi connectivity index (χ0n) is 12.5. The molecule has 0 fully saturated rings. The van der Waals surface area contributed by atoms with E-state index in [0.717, 1.165) is 10.9 Å². The van der Waals surface area contributed by atoms with Crippen LogP contribution in [0.2, 0.25) is 5.02 Å². The average Bonchev–Trinajstić information content (AvgIpc) is 2.56. The molecule has 0 spiro atoms. The molecule has 0 aliphatic carbocycles. The number of ether oxygens (including phenoxy) is 1. The van der Waals surface area contributed by atoms with E-state index in [2.05, 4.69) is 10.3 Å². The maximum Gasteiger partial charge on any atom is 0.274 e. The zero-order chi connectivity index (χ0) is 16.2. The Balaban J connectivity index is 1.89. The Kier molecular flexibility index (Phi) is 4.55. The molecule has 23 heavy (non-hydrogen) atoms. The molecular weight excluding hydrogens is 312 g/mol. The van der Waals surface area contributed by atoms with Gasteiger partial charge < -0.3 is 10.1 Å². The van der Waals surface area contributed by atoms with Crippen LogP contribution in [0, 0.1) is 0 Å². The number of rotatable bonds is 4. The lowest BCUT2D eigenvalue weighted by Gasteiger charge is -2.10. The monoisotopic (exact) mass is 326 g/mol. The van der Waals surface area contributed by atoms with Gasteiger partial charge in [0.25, 0.3) is 5.91 Å². The minimum atomic E-state index is -0.268. The number of hydrogen-bond acceptors (Lipinski definition) is 3. The zero-order valence-corrected chi connectivity index (χ0v) is 13.3. The summed E-state index contributed by atoms with van der Waals surface area (Å²) in [7, 11) is 1.62. The number of carbonyl (C=O) groups is 1. The molecule has 1 N–H and O–H groups in total. The van der Waals surface area contributed by atoms with Gasteiger partial charge in [-0.3, -0.25) is 4.79 Å². The number of pyridine rings is 1.